The molecule has 0 spiro atoms. The van der Waals surface area contributed by atoms with Crippen molar-refractivity contribution in [3.8, 4) is 28.6 Å². The molecule has 2 aromatic carbocycles. The smallest absolute Gasteiger partial charge is 0.176 e. The number of benzene rings is 2. The number of ether oxygens (including phenoxy) is 1. The van der Waals surface area contributed by atoms with Crippen LogP contribution in [0.4, 0.5) is 0 Å². The van der Waals surface area contributed by atoms with Gasteiger partial charge in [-0.1, -0.05) is 12.2 Å². The molecular weight excluding hydrogens is 324 g/mol. The number of phenolic OH excluding ortho intramolecular Hbond substituents is 2. The molecular formula is C19H18O6. The molecule has 0 saturated heterocycles. The van der Waals surface area contributed by atoms with Gasteiger partial charge in [-0.3, -0.25) is 0 Å². The van der Waals surface area contributed by atoms with Crippen LogP contribution < -0.4 is 4.74 Å². The van der Waals surface area contributed by atoms with Gasteiger partial charge < -0.3 is 29.6 Å². The average molecular weight is 342 g/mol. The fraction of sp³-hybridized carbons (Fsp3) is 0.158. The third-order valence-electron chi connectivity index (χ3n) is 3.91. The summed E-state index contributed by atoms with van der Waals surface area (Å²) in [7, 11) is 1.44. The van der Waals surface area contributed by atoms with Gasteiger partial charge in [0.15, 0.2) is 22.8 Å². The summed E-state index contributed by atoms with van der Waals surface area (Å²) in [5.74, 6) is 0.584. The maximum atomic E-state index is 10.2. The van der Waals surface area contributed by atoms with E-state index in [1.807, 2.05) is 0 Å². The lowest BCUT2D eigenvalue weighted by molar-refractivity contribution is 0.282. The first-order valence-electron chi connectivity index (χ1n) is 7.63. The van der Waals surface area contributed by atoms with E-state index in [9.17, 15) is 15.3 Å². The molecule has 1 heterocycles. The van der Waals surface area contributed by atoms with Crippen molar-refractivity contribution in [3.63, 3.8) is 0 Å². The number of hydrogen-bond acceptors (Lipinski definition) is 6. The van der Waals surface area contributed by atoms with Gasteiger partial charge in [-0.05, 0) is 35.9 Å². The van der Waals surface area contributed by atoms with Crippen LogP contribution in [0.5, 0.6) is 17.2 Å². The zero-order valence-electron chi connectivity index (χ0n) is 13.6. The van der Waals surface area contributed by atoms with Crippen molar-refractivity contribution >= 4 is 17.0 Å². The maximum absolute atomic E-state index is 10.2. The summed E-state index contributed by atoms with van der Waals surface area (Å²) >= 11 is 0. The number of hydrogen-bond donors (Lipinski definition) is 4. The minimum atomic E-state index is -0.294. The fourth-order valence-corrected chi connectivity index (χ4v) is 2.75. The molecule has 0 saturated carbocycles. The SMILES string of the molecule is COc1cc(-c2oc3c(O)cc(/C=C/CO)cc3c2CO)ccc1O. The van der Waals surface area contributed by atoms with E-state index in [0.717, 1.165) is 0 Å². The molecule has 0 radical (unpaired) electrons. The van der Waals surface area contributed by atoms with Crippen LogP contribution in [0, 0.1) is 0 Å². The molecule has 0 fully saturated rings. The largest absolute Gasteiger partial charge is 0.504 e. The first-order valence-corrected chi connectivity index (χ1v) is 7.63. The highest BCUT2D eigenvalue weighted by Crippen LogP contribution is 2.40. The Bertz CT molecular complexity index is 939. The third-order valence-corrected chi connectivity index (χ3v) is 3.91. The molecule has 0 atom stereocenters. The minimum absolute atomic E-state index is 0.00724. The van der Waals surface area contributed by atoms with Crippen molar-refractivity contribution in [2.24, 2.45) is 0 Å². The summed E-state index contributed by atoms with van der Waals surface area (Å²) < 4.78 is 10.9. The van der Waals surface area contributed by atoms with Gasteiger partial charge in [-0.2, -0.15) is 0 Å². The van der Waals surface area contributed by atoms with Gasteiger partial charge in [0.2, 0.25) is 0 Å². The molecule has 25 heavy (non-hydrogen) atoms. The second-order valence-electron chi connectivity index (χ2n) is 5.46. The van der Waals surface area contributed by atoms with E-state index >= 15 is 0 Å². The Morgan fingerprint density at radius 3 is 2.56 bits per heavy atom. The lowest BCUT2D eigenvalue weighted by Crippen LogP contribution is -1.88. The van der Waals surface area contributed by atoms with Crippen LogP contribution >= 0.6 is 0 Å². The summed E-state index contributed by atoms with van der Waals surface area (Å²) in [4.78, 5) is 0. The molecule has 0 bridgehead atoms. The molecule has 1 aromatic heterocycles. The highest BCUT2D eigenvalue weighted by Gasteiger charge is 2.19. The van der Waals surface area contributed by atoms with E-state index in [2.05, 4.69) is 0 Å². The molecule has 0 aliphatic rings. The lowest BCUT2D eigenvalue weighted by Gasteiger charge is -2.06. The van der Waals surface area contributed by atoms with Crippen molar-refractivity contribution < 1.29 is 29.6 Å². The standard InChI is InChI=1S/C19H18O6/c1-24-17-9-12(4-5-15(17)22)18-14(10-21)13-7-11(3-2-6-20)8-16(23)19(13)25-18/h2-5,7-9,20-23H,6,10H2,1H3/b3-2+. The van der Waals surface area contributed by atoms with Crippen molar-refractivity contribution in [2.45, 2.75) is 6.61 Å². The van der Waals surface area contributed by atoms with Gasteiger partial charge in [0.1, 0.15) is 5.76 Å². The van der Waals surface area contributed by atoms with Gasteiger partial charge in [-0.15, -0.1) is 0 Å². The van der Waals surface area contributed by atoms with Crippen LogP contribution in [0.25, 0.3) is 28.4 Å². The van der Waals surface area contributed by atoms with E-state index in [4.69, 9.17) is 14.3 Å². The Morgan fingerprint density at radius 1 is 1.08 bits per heavy atom. The number of fused-ring (bicyclic) bond motifs is 1. The van der Waals surface area contributed by atoms with Crippen molar-refractivity contribution in [3.05, 3.63) is 47.5 Å². The van der Waals surface area contributed by atoms with Crippen LogP contribution in [0.2, 0.25) is 0 Å². The summed E-state index contributed by atoms with van der Waals surface area (Å²) in [6, 6.07) is 7.98. The molecule has 0 aliphatic heterocycles. The first kappa shape index (κ1) is 16.9. The quantitative estimate of drug-likeness (QED) is 0.568. The zero-order valence-corrected chi connectivity index (χ0v) is 13.6. The maximum Gasteiger partial charge on any atom is 0.176 e. The summed E-state index contributed by atoms with van der Waals surface area (Å²) in [5.41, 5.74) is 2.04. The van der Waals surface area contributed by atoms with E-state index in [0.29, 0.717) is 27.8 Å². The van der Waals surface area contributed by atoms with Gasteiger partial charge in [0, 0.05) is 16.5 Å². The average Bonchev–Trinajstić information content (AvgIpc) is 2.99. The van der Waals surface area contributed by atoms with Crippen molar-refractivity contribution in [2.75, 3.05) is 13.7 Å². The predicted octanol–water partition coefficient (Wildman–Crippen LogP) is 3.02. The lowest BCUT2D eigenvalue weighted by atomic mass is 10.0. The summed E-state index contributed by atoms with van der Waals surface area (Å²) in [6.45, 7) is -0.409. The summed E-state index contributed by atoms with van der Waals surface area (Å²) in [6.07, 6.45) is 3.21. The van der Waals surface area contributed by atoms with E-state index in [1.54, 1.807) is 30.4 Å². The van der Waals surface area contributed by atoms with Crippen LogP contribution in [0.15, 0.2) is 40.8 Å². The van der Waals surface area contributed by atoms with Crippen LogP contribution in [-0.2, 0) is 6.61 Å². The highest BCUT2D eigenvalue weighted by atomic mass is 16.5. The monoisotopic (exact) mass is 342 g/mol. The first-order chi connectivity index (χ1) is 12.1. The molecule has 6 nitrogen and oxygen atoms in total. The Labute approximate surface area is 143 Å². The predicted molar refractivity (Wildman–Crippen MR) is 93.6 cm³/mol. The number of aliphatic hydroxyl groups excluding tert-OH is 2. The van der Waals surface area contributed by atoms with Crippen molar-refractivity contribution in [1.29, 1.82) is 0 Å². The molecule has 0 aliphatic carbocycles. The van der Waals surface area contributed by atoms with Crippen LogP contribution in [0.1, 0.15) is 11.1 Å². The Morgan fingerprint density at radius 2 is 1.88 bits per heavy atom. The number of aromatic hydroxyl groups is 2. The minimum Gasteiger partial charge on any atom is -0.504 e. The van der Waals surface area contributed by atoms with Gasteiger partial charge in [0.25, 0.3) is 0 Å². The van der Waals surface area contributed by atoms with Gasteiger partial charge in [0.05, 0.1) is 20.3 Å². The number of aliphatic hydroxyl groups is 2. The fourth-order valence-electron chi connectivity index (χ4n) is 2.75. The Hall–Kier alpha value is -2.96. The Kier molecular flexibility index (Phi) is 4.65. The number of phenols is 2. The van der Waals surface area contributed by atoms with Crippen molar-refractivity contribution in [1.82, 2.24) is 0 Å². The molecule has 3 rings (SSSR count). The van der Waals surface area contributed by atoms with Gasteiger partial charge >= 0.3 is 0 Å². The molecule has 6 heteroatoms. The molecule has 0 amide bonds. The normalized spacial score (nSPS) is 11.5. The molecule has 130 valence electrons. The number of methoxy groups -OCH3 is 1. The Balaban J connectivity index is 2.22. The highest BCUT2D eigenvalue weighted by molar-refractivity contribution is 5.93. The topological polar surface area (TPSA) is 103 Å². The molecule has 4 N–H and O–H groups in total. The van der Waals surface area contributed by atoms with E-state index in [1.165, 1.54) is 19.2 Å². The number of rotatable bonds is 5. The van der Waals surface area contributed by atoms with E-state index < -0.39 is 0 Å². The van der Waals surface area contributed by atoms with Crippen LogP contribution in [-0.4, -0.2) is 34.1 Å². The zero-order chi connectivity index (χ0) is 18.0. The third kappa shape index (κ3) is 3.05. The number of furan rings is 1. The van der Waals surface area contributed by atoms with Gasteiger partial charge in [-0.25, -0.2) is 0 Å². The van der Waals surface area contributed by atoms with E-state index in [-0.39, 0.29) is 36.0 Å². The summed E-state index contributed by atoms with van der Waals surface area (Å²) in [5, 5.41) is 39.3. The molecule has 0 unspecified atom stereocenters. The molecule has 3 aromatic rings. The van der Waals surface area contributed by atoms with Crippen LogP contribution in [0.3, 0.4) is 0 Å². The second kappa shape index (κ2) is 6.88. The second-order valence-corrected chi connectivity index (χ2v) is 5.46.